The van der Waals surface area contributed by atoms with Crippen LogP contribution in [0.15, 0.2) is 6.20 Å². The highest BCUT2D eigenvalue weighted by Crippen LogP contribution is 2.45. The number of nitrogens with zero attached hydrogens (tertiary/aromatic N) is 2. The maximum atomic E-state index is 11.5. The first-order valence-corrected chi connectivity index (χ1v) is 5.37. The molecule has 1 saturated carbocycles. The van der Waals surface area contributed by atoms with Crippen molar-refractivity contribution in [3.05, 3.63) is 17.6 Å². The molecule has 1 heterocycles. The summed E-state index contributed by atoms with van der Waals surface area (Å²) in [6, 6.07) is 0. The van der Waals surface area contributed by atoms with E-state index in [9.17, 15) is 4.79 Å². The number of ether oxygens (including phenoxy) is 1. The van der Waals surface area contributed by atoms with Crippen molar-refractivity contribution in [3.8, 4) is 0 Å². The third kappa shape index (κ3) is 1.85. The monoisotopic (exact) mass is 221 g/mol. The van der Waals surface area contributed by atoms with Crippen LogP contribution in [0.5, 0.6) is 0 Å². The molecule has 86 valence electrons. The van der Waals surface area contributed by atoms with Crippen LogP contribution in [0.3, 0.4) is 0 Å². The predicted octanol–water partition coefficient (Wildman–Crippen LogP) is 1.29. The summed E-state index contributed by atoms with van der Waals surface area (Å²) in [5, 5.41) is 0. The number of carbonyl (C=O) groups is 1. The van der Waals surface area contributed by atoms with Gasteiger partial charge in [0.05, 0.1) is 6.61 Å². The van der Waals surface area contributed by atoms with E-state index in [2.05, 4.69) is 16.9 Å². The molecule has 0 unspecified atom stereocenters. The summed E-state index contributed by atoms with van der Waals surface area (Å²) in [5.74, 6) is 0.460. The van der Waals surface area contributed by atoms with Crippen molar-refractivity contribution in [3.63, 3.8) is 0 Å². The molecule has 0 bridgehead atoms. The van der Waals surface area contributed by atoms with Crippen LogP contribution in [-0.2, 0) is 10.2 Å². The van der Waals surface area contributed by atoms with E-state index in [-0.39, 0.29) is 16.8 Å². The largest absolute Gasteiger partial charge is 0.462 e. The lowest BCUT2D eigenvalue weighted by Crippen LogP contribution is -2.14. The molecule has 1 fully saturated rings. The molecule has 1 aliphatic rings. The van der Waals surface area contributed by atoms with E-state index in [0.29, 0.717) is 6.61 Å². The Morgan fingerprint density at radius 2 is 2.31 bits per heavy atom. The Kier molecular flexibility index (Phi) is 2.53. The Morgan fingerprint density at radius 1 is 1.62 bits per heavy atom. The van der Waals surface area contributed by atoms with Crippen LogP contribution < -0.4 is 5.73 Å². The summed E-state index contributed by atoms with van der Waals surface area (Å²) in [6.07, 6.45) is 3.61. The summed E-state index contributed by atoms with van der Waals surface area (Å²) in [5.41, 5.74) is 6.03. The van der Waals surface area contributed by atoms with Crippen molar-refractivity contribution in [2.45, 2.75) is 32.1 Å². The molecule has 2 rings (SSSR count). The molecule has 0 amide bonds. The van der Waals surface area contributed by atoms with Gasteiger partial charge in [0.1, 0.15) is 17.2 Å². The Morgan fingerprint density at radius 3 is 2.81 bits per heavy atom. The van der Waals surface area contributed by atoms with Gasteiger partial charge in [0, 0.05) is 11.6 Å². The van der Waals surface area contributed by atoms with Crippen molar-refractivity contribution in [1.29, 1.82) is 0 Å². The first-order chi connectivity index (χ1) is 7.57. The zero-order valence-corrected chi connectivity index (χ0v) is 9.49. The van der Waals surface area contributed by atoms with Crippen molar-refractivity contribution in [2.24, 2.45) is 0 Å². The molecule has 5 heteroatoms. The minimum Gasteiger partial charge on any atom is -0.462 e. The van der Waals surface area contributed by atoms with Gasteiger partial charge in [0.2, 0.25) is 0 Å². The number of esters is 1. The third-order valence-electron chi connectivity index (χ3n) is 2.85. The van der Waals surface area contributed by atoms with Gasteiger partial charge in [0.15, 0.2) is 0 Å². The molecule has 16 heavy (non-hydrogen) atoms. The Labute approximate surface area is 94.0 Å². The SMILES string of the molecule is CCOC(=O)c1cnc(C2(C)CC2)nc1N. The third-order valence-corrected chi connectivity index (χ3v) is 2.85. The molecule has 0 aromatic carbocycles. The Bertz CT molecular complexity index is 427. The first-order valence-electron chi connectivity index (χ1n) is 5.37. The van der Waals surface area contributed by atoms with E-state index < -0.39 is 5.97 Å². The summed E-state index contributed by atoms with van der Waals surface area (Å²) in [4.78, 5) is 19.8. The van der Waals surface area contributed by atoms with Crippen LogP contribution in [0, 0.1) is 0 Å². The van der Waals surface area contributed by atoms with Crippen molar-refractivity contribution in [1.82, 2.24) is 9.97 Å². The number of carbonyl (C=O) groups excluding carboxylic acids is 1. The molecule has 0 saturated heterocycles. The second-order valence-electron chi connectivity index (χ2n) is 4.27. The fraction of sp³-hybridized carbons (Fsp3) is 0.545. The van der Waals surface area contributed by atoms with E-state index in [1.54, 1.807) is 6.92 Å². The van der Waals surface area contributed by atoms with Crippen LogP contribution in [0.4, 0.5) is 5.82 Å². The molecule has 2 N–H and O–H groups in total. The summed E-state index contributed by atoms with van der Waals surface area (Å²) in [7, 11) is 0. The van der Waals surface area contributed by atoms with Gasteiger partial charge in [-0.15, -0.1) is 0 Å². The van der Waals surface area contributed by atoms with Gasteiger partial charge in [0.25, 0.3) is 0 Å². The van der Waals surface area contributed by atoms with E-state index >= 15 is 0 Å². The lowest BCUT2D eigenvalue weighted by atomic mass is 10.1. The molecule has 1 aliphatic carbocycles. The van der Waals surface area contributed by atoms with Crippen LogP contribution in [0.1, 0.15) is 42.9 Å². The molecule has 0 radical (unpaired) electrons. The van der Waals surface area contributed by atoms with Crippen LogP contribution in [0.2, 0.25) is 0 Å². The zero-order chi connectivity index (χ0) is 11.8. The van der Waals surface area contributed by atoms with Crippen molar-refractivity contribution < 1.29 is 9.53 Å². The summed E-state index contributed by atoms with van der Waals surface area (Å²) < 4.78 is 4.85. The van der Waals surface area contributed by atoms with E-state index in [4.69, 9.17) is 10.5 Å². The number of nitrogens with two attached hydrogens (primary N) is 1. The van der Waals surface area contributed by atoms with Crippen LogP contribution in [0.25, 0.3) is 0 Å². The molecular formula is C11H15N3O2. The molecule has 1 aromatic rings. The van der Waals surface area contributed by atoms with E-state index in [1.807, 2.05) is 0 Å². The topological polar surface area (TPSA) is 78.1 Å². The first kappa shape index (κ1) is 10.9. The second-order valence-corrected chi connectivity index (χ2v) is 4.27. The average molecular weight is 221 g/mol. The lowest BCUT2D eigenvalue weighted by Gasteiger charge is -2.09. The maximum Gasteiger partial charge on any atom is 0.343 e. The molecule has 0 atom stereocenters. The number of hydrogen-bond donors (Lipinski definition) is 1. The smallest absolute Gasteiger partial charge is 0.343 e. The standard InChI is InChI=1S/C11H15N3O2/c1-3-16-9(15)7-6-13-10(14-8(7)12)11(2)4-5-11/h6H,3-5H2,1-2H3,(H2,12,13,14). The predicted molar refractivity (Wildman–Crippen MR) is 59.0 cm³/mol. The number of anilines is 1. The molecule has 0 aliphatic heterocycles. The molecule has 1 aromatic heterocycles. The van der Waals surface area contributed by atoms with Crippen molar-refractivity contribution in [2.75, 3.05) is 12.3 Å². The van der Waals surface area contributed by atoms with Gasteiger partial charge in [-0.2, -0.15) is 0 Å². The maximum absolute atomic E-state index is 11.5. The van der Waals surface area contributed by atoms with Gasteiger partial charge in [-0.25, -0.2) is 14.8 Å². The minimum atomic E-state index is -0.465. The van der Waals surface area contributed by atoms with Gasteiger partial charge in [-0.05, 0) is 19.8 Å². The Balaban J connectivity index is 2.26. The average Bonchev–Trinajstić information content (AvgIpc) is 2.98. The highest BCUT2D eigenvalue weighted by atomic mass is 16.5. The second kappa shape index (κ2) is 3.73. The lowest BCUT2D eigenvalue weighted by molar-refractivity contribution is 0.0526. The highest BCUT2D eigenvalue weighted by molar-refractivity contribution is 5.93. The highest BCUT2D eigenvalue weighted by Gasteiger charge is 2.42. The quantitative estimate of drug-likeness (QED) is 0.778. The number of hydrogen-bond acceptors (Lipinski definition) is 5. The van der Waals surface area contributed by atoms with Gasteiger partial charge >= 0.3 is 5.97 Å². The van der Waals surface area contributed by atoms with Crippen LogP contribution >= 0.6 is 0 Å². The summed E-state index contributed by atoms with van der Waals surface area (Å²) in [6.45, 7) is 4.15. The van der Waals surface area contributed by atoms with Crippen LogP contribution in [-0.4, -0.2) is 22.5 Å². The molecular weight excluding hydrogens is 206 g/mol. The van der Waals surface area contributed by atoms with Gasteiger partial charge < -0.3 is 10.5 Å². The number of nitrogen functional groups attached to an aromatic ring is 1. The Hall–Kier alpha value is -1.65. The van der Waals surface area contributed by atoms with Gasteiger partial charge in [-0.3, -0.25) is 0 Å². The molecule has 5 nitrogen and oxygen atoms in total. The minimum absolute atomic E-state index is 0.0569. The number of rotatable bonds is 3. The zero-order valence-electron chi connectivity index (χ0n) is 9.49. The fourth-order valence-corrected chi connectivity index (χ4v) is 1.46. The molecule has 0 spiro atoms. The van der Waals surface area contributed by atoms with E-state index in [0.717, 1.165) is 18.7 Å². The summed E-state index contributed by atoms with van der Waals surface area (Å²) >= 11 is 0. The van der Waals surface area contributed by atoms with Gasteiger partial charge in [-0.1, -0.05) is 6.92 Å². The van der Waals surface area contributed by atoms with Crippen molar-refractivity contribution >= 4 is 11.8 Å². The number of aromatic nitrogens is 2. The van der Waals surface area contributed by atoms with E-state index in [1.165, 1.54) is 6.20 Å². The normalized spacial score (nSPS) is 16.9. The fourth-order valence-electron chi connectivity index (χ4n) is 1.46.